The van der Waals surface area contributed by atoms with E-state index in [1.54, 1.807) is 6.92 Å². The molecule has 0 spiro atoms. The van der Waals surface area contributed by atoms with Crippen LogP contribution in [0.2, 0.25) is 0 Å². The van der Waals surface area contributed by atoms with E-state index in [4.69, 9.17) is 14.2 Å². The van der Waals surface area contributed by atoms with Crippen LogP contribution >= 0.6 is 0 Å². The van der Waals surface area contributed by atoms with E-state index in [9.17, 15) is 24.8 Å². The molecule has 42 heavy (non-hydrogen) atoms. The number of methoxy groups -OCH3 is 1. The molecule has 1 aliphatic heterocycles. The minimum Gasteiger partial charge on any atom is -0.496 e. The molecule has 228 valence electrons. The van der Waals surface area contributed by atoms with Gasteiger partial charge in [0.05, 0.1) is 42.2 Å². The van der Waals surface area contributed by atoms with E-state index >= 15 is 4.39 Å². The minimum atomic E-state index is -1.49. The summed E-state index contributed by atoms with van der Waals surface area (Å²) in [6.07, 6.45) is 4.73. The average Bonchev–Trinajstić information content (AvgIpc) is 3.59. The predicted octanol–water partition coefficient (Wildman–Crippen LogP) is 3.76. The predicted molar refractivity (Wildman–Crippen MR) is 149 cm³/mol. The first-order valence-electron chi connectivity index (χ1n) is 14.9. The van der Waals surface area contributed by atoms with Crippen molar-refractivity contribution in [2.24, 2.45) is 23.2 Å². The van der Waals surface area contributed by atoms with Crippen molar-refractivity contribution in [3.63, 3.8) is 0 Å². The number of carboxylic acids is 1. The standard InChI is InChI=1S/C31H40FN3O7/c1-30(29(38)39)7-5-21(6-8-30)42-23-15-22(24(40-2)14-20(23)16-33)27(36)35-26-19-4-3-18(13-19)25(26)28(37)34-17-31(32)9-11-41-12-10-31/h14-15,18-19,21,25-26H,3-13,17H2,1-2H3,(H,34,37)(H,35,36)(H,38,39)/t18-,19+,21-,25+,26-,30+/m1/s1. The lowest BCUT2D eigenvalue weighted by atomic mass is 9.75. The summed E-state index contributed by atoms with van der Waals surface area (Å²) in [6, 6.07) is 4.66. The number of nitriles is 1. The zero-order valence-corrected chi connectivity index (χ0v) is 24.2. The van der Waals surface area contributed by atoms with Crippen LogP contribution in [-0.4, -0.2) is 67.6 Å². The molecule has 0 aromatic heterocycles. The molecule has 4 fully saturated rings. The van der Waals surface area contributed by atoms with Gasteiger partial charge in [0.25, 0.3) is 5.91 Å². The van der Waals surface area contributed by atoms with Gasteiger partial charge in [-0.25, -0.2) is 4.39 Å². The Morgan fingerprint density at radius 2 is 1.79 bits per heavy atom. The highest BCUT2D eigenvalue weighted by molar-refractivity contribution is 5.98. The monoisotopic (exact) mass is 585 g/mol. The molecule has 2 amide bonds. The van der Waals surface area contributed by atoms with Gasteiger partial charge in [-0.2, -0.15) is 5.26 Å². The van der Waals surface area contributed by atoms with Gasteiger partial charge in [0.2, 0.25) is 5.91 Å². The topological polar surface area (TPSA) is 147 Å². The molecular formula is C31H40FN3O7. The molecule has 0 radical (unpaired) electrons. The van der Waals surface area contributed by atoms with Crippen molar-refractivity contribution in [1.29, 1.82) is 5.26 Å². The van der Waals surface area contributed by atoms with Crippen LogP contribution in [0.15, 0.2) is 12.1 Å². The smallest absolute Gasteiger partial charge is 0.309 e. The van der Waals surface area contributed by atoms with Crippen LogP contribution in [0.25, 0.3) is 0 Å². The van der Waals surface area contributed by atoms with Crippen molar-refractivity contribution >= 4 is 17.8 Å². The number of ether oxygens (including phenoxy) is 3. The molecule has 1 aromatic rings. The van der Waals surface area contributed by atoms with E-state index in [0.29, 0.717) is 38.9 Å². The normalized spacial score (nSPS) is 31.5. The first-order chi connectivity index (χ1) is 20.1. The van der Waals surface area contributed by atoms with Crippen LogP contribution in [0, 0.1) is 34.5 Å². The number of hydrogen-bond donors (Lipinski definition) is 3. The number of halogens is 1. The van der Waals surface area contributed by atoms with Crippen molar-refractivity contribution < 1.29 is 38.1 Å². The third-order valence-corrected chi connectivity index (χ3v) is 10.00. The van der Waals surface area contributed by atoms with Gasteiger partial charge in [-0.15, -0.1) is 0 Å². The molecule has 10 nitrogen and oxygen atoms in total. The van der Waals surface area contributed by atoms with Crippen molar-refractivity contribution in [3.05, 3.63) is 23.3 Å². The molecule has 1 aromatic carbocycles. The number of aliphatic carboxylic acids is 1. The summed E-state index contributed by atoms with van der Waals surface area (Å²) >= 11 is 0. The lowest BCUT2D eigenvalue weighted by Crippen LogP contribution is -2.52. The maximum absolute atomic E-state index is 15.1. The van der Waals surface area contributed by atoms with E-state index in [-0.39, 0.29) is 65.9 Å². The van der Waals surface area contributed by atoms with Gasteiger partial charge in [0.1, 0.15) is 23.2 Å². The Kier molecular flexibility index (Phi) is 8.65. The summed E-state index contributed by atoms with van der Waals surface area (Å²) in [5, 5.41) is 25.2. The first-order valence-corrected chi connectivity index (χ1v) is 14.9. The molecule has 1 heterocycles. The van der Waals surface area contributed by atoms with Crippen LogP contribution in [0.3, 0.4) is 0 Å². The fourth-order valence-corrected chi connectivity index (χ4v) is 7.21. The third kappa shape index (κ3) is 6.05. The molecule has 1 saturated heterocycles. The fourth-order valence-electron chi connectivity index (χ4n) is 7.21. The summed E-state index contributed by atoms with van der Waals surface area (Å²) in [6.45, 7) is 2.33. The van der Waals surface area contributed by atoms with Crippen molar-refractivity contribution in [2.45, 2.75) is 82.5 Å². The van der Waals surface area contributed by atoms with Crippen LogP contribution in [0.1, 0.15) is 80.6 Å². The highest BCUT2D eigenvalue weighted by Crippen LogP contribution is 2.49. The Labute approximate surface area is 245 Å². The average molecular weight is 586 g/mol. The largest absolute Gasteiger partial charge is 0.496 e. The number of carbonyl (C=O) groups is 3. The van der Waals surface area contributed by atoms with Gasteiger partial charge in [-0.05, 0) is 69.8 Å². The molecule has 0 unspecified atom stereocenters. The van der Waals surface area contributed by atoms with Crippen LogP contribution in [0.4, 0.5) is 4.39 Å². The number of benzene rings is 1. The van der Waals surface area contributed by atoms with Crippen molar-refractivity contribution in [1.82, 2.24) is 10.6 Å². The van der Waals surface area contributed by atoms with Gasteiger partial charge >= 0.3 is 5.97 Å². The Hall–Kier alpha value is -3.39. The number of carboxylic acid groups (broad SMARTS) is 1. The van der Waals surface area contributed by atoms with Gasteiger partial charge in [-0.1, -0.05) is 0 Å². The highest BCUT2D eigenvalue weighted by atomic mass is 19.1. The number of fused-ring (bicyclic) bond motifs is 2. The Morgan fingerprint density at radius 3 is 2.43 bits per heavy atom. The summed E-state index contributed by atoms with van der Waals surface area (Å²) < 4.78 is 32.0. The van der Waals surface area contributed by atoms with Crippen molar-refractivity contribution in [2.75, 3.05) is 26.9 Å². The van der Waals surface area contributed by atoms with Gasteiger partial charge in [0.15, 0.2) is 0 Å². The second kappa shape index (κ2) is 12.1. The van der Waals surface area contributed by atoms with E-state index < -0.39 is 34.9 Å². The zero-order valence-electron chi connectivity index (χ0n) is 24.2. The number of hydrogen-bond acceptors (Lipinski definition) is 7. The van der Waals surface area contributed by atoms with Gasteiger partial charge in [-0.3, -0.25) is 14.4 Å². The lowest BCUT2D eigenvalue weighted by Gasteiger charge is -2.34. The molecule has 5 rings (SSSR count). The quantitative estimate of drug-likeness (QED) is 0.397. The summed E-state index contributed by atoms with van der Waals surface area (Å²) in [7, 11) is 1.42. The van der Waals surface area contributed by atoms with E-state index in [1.807, 2.05) is 0 Å². The van der Waals surface area contributed by atoms with Gasteiger partial charge in [0, 0.05) is 38.2 Å². The van der Waals surface area contributed by atoms with Crippen LogP contribution in [-0.2, 0) is 14.3 Å². The van der Waals surface area contributed by atoms with Crippen LogP contribution < -0.4 is 20.1 Å². The second-order valence-electron chi connectivity index (χ2n) is 12.7. The molecule has 3 saturated carbocycles. The van der Waals surface area contributed by atoms with E-state index in [1.165, 1.54) is 19.2 Å². The number of alkyl halides is 1. The maximum atomic E-state index is 15.1. The van der Waals surface area contributed by atoms with Crippen LogP contribution in [0.5, 0.6) is 11.5 Å². The molecule has 2 bridgehead atoms. The molecular weight excluding hydrogens is 545 g/mol. The second-order valence-corrected chi connectivity index (χ2v) is 12.7. The molecule has 4 aliphatic rings. The number of rotatable bonds is 9. The lowest BCUT2D eigenvalue weighted by molar-refractivity contribution is -0.150. The SMILES string of the molecule is COc1cc(C#N)c(O[C@H]2CC[C@@](C)(C(=O)O)CC2)cc1C(=O)N[C@@H]1[C@H]2CC[C@H](C2)[C@@H]1C(=O)NCC1(F)CCOCC1. The van der Waals surface area contributed by atoms with E-state index in [0.717, 1.165) is 19.3 Å². The minimum absolute atomic E-state index is 0.0688. The third-order valence-electron chi connectivity index (χ3n) is 10.00. The highest BCUT2D eigenvalue weighted by Gasteiger charge is 2.52. The number of carbonyl (C=O) groups excluding carboxylic acids is 2. The number of nitrogens with one attached hydrogen (secondary N) is 2. The van der Waals surface area contributed by atoms with Crippen molar-refractivity contribution in [3.8, 4) is 17.6 Å². The zero-order chi connectivity index (χ0) is 30.1. The fraction of sp³-hybridized carbons (Fsp3) is 0.677. The summed E-state index contributed by atoms with van der Waals surface area (Å²) in [5.74, 6) is -1.26. The number of amides is 2. The number of nitrogens with zero attached hydrogens (tertiary/aromatic N) is 1. The Bertz CT molecular complexity index is 1250. The first kappa shape index (κ1) is 30.1. The summed E-state index contributed by atoms with van der Waals surface area (Å²) in [4.78, 5) is 38.6. The molecule has 3 aliphatic carbocycles. The summed E-state index contributed by atoms with van der Waals surface area (Å²) in [5.41, 5.74) is -1.90. The molecule has 3 N–H and O–H groups in total. The van der Waals surface area contributed by atoms with E-state index in [2.05, 4.69) is 16.7 Å². The Morgan fingerprint density at radius 1 is 1.10 bits per heavy atom. The van der Waals surface area contributed by atoms with Gasteiger partial charge < -0.3 is 30.0 Å². The molecule has 4 atom stereocenters. The Balaban J connectivity index is 1.30. The molecule has 11 heteroatoms. The maximum Gasteiger partial charge on any atom is 0.309 e.